The van der Waals surface area contributed by atoms with Crippen molar-refractivity contribution in [3.63, 3.8) is 0 Å². The summed E-state index contributed by atoms with van der Waals surface area (Å²) >= 11 is 0. The molecule has 0 saturated heterocycles. The molecule has 0 bridgehead atoms. The Labute approximate surface area is 166 Å². The second-order valence-electron chi connectivity index (χ2n) is 5.84. The van der Waals surface area contributed by atoms with Gasteiger partial charge in [-0.2, -0.15) is 4.31 Å². The standard InChI is InChI=1S/C20H25NO6S/c1-6-28(22,23)21(13-15-7-9-17(24-2)11-19(15)26-4)14-16-8-10-18(25-3)12-20(16)27-5/h6-12H,1,13-14H2,2-5H3. The lowest BCUT2D eigenvalue weighted by Gasteiger charge is -2.23. The van der Waals surface area contributed by atoms with E-state index >= 15 is 0 Å². The Morgan fingerprint density at radius 3 is 1.57 bits per heavy atom. The maximum atomic E-state index is 12.6. The zero-order valence-electron chi connectivity index (χ0n) is 16.5. The molecule has 8 heteroatoms. The summed E-state index contributed by atoms with van der Waals surface area (Å²) in [7, 11) is 2.44. The van der Waals surface area contributed by atoms with Crippen molar-refractivity contribution in [2.75, 3.05) is 28.4 Å². The van der Waals surface area contributed by atoms with Gasteiger partial charge in [0.15, 0.2) is 0 Å². The van der Waals surface area contributed by atoms with Gasteiger partial charge in [-0.05, 0) is 12.1 Å². The topological polar surface area (TPSA) is 74.3 Å². The SMILES string of the molecule is C=CS(=O)(=O)N(Cc1ccc(OC)cc1OC)Cc1ccc(OC)cc1OC. The van der Waals surface area contributed by atoms with Crippen LogP contribution in [-0.4, -0.2) is 41.2 Å². The summed E-state index contributed by atoms with van der Waals surface area (Å²) < 4.78 is 47.7. The van der Waals surface area contributed by atoms with E-state index in [0.717, 1.165) is 5.41 Å². The molecule has 2 aromatic rings. The molecule has 28 heavy (non-hydrogen) atoms. The molecule has 0 aromatic heterocycles. The molecule has 0 atom stereocenters. The minimum atomic E-state index is -3.71. The zero-order valence-corrected chi connectivity index (χ0v) is 17.3. The molecule has 0 aliphatic heterocycles. The molecule has 0 radical (unpaired) electrons. The highest BCUT2D eigenvalue weighted by Crippen LogP contribution is 2.30. The molecule has 0 heterocycles. The number of hydrogen-bond acceptors (Lipinski definition) is 6. The number of hydrogen-bond donors (Lipinski definition) is 0. The lowest BCUT2D eigenvalue weighted by atomic mass is 10.1. The molecule has 2 rings (SSSR count). The van der Waals surface area contributed by atoms with E-state index in [0.29, 0.717) is 34.1 Å². The molecule has 0 spiro atoms. The lowest BCUT2D eigenvalue weighted by Crippen LogP contribution is -2.28. The molecule has 0 aliphatic rings. The lowest BCUT2D eigenvalue weighted by molar-refractivity contribution is 0.360. The Hall–Kier alpha value is -2.71. The van der Waals surface area contributed by atoms with Gasteiger partial charge >= 0.3 is 0 Å². The number of sulfonamides is 1. The van der Waals surface area contributed by atoms with Crippen molar-refractivity contribution < 1.29 is 27.4 Å². The second-order valence-corrected chi connectivity index (χ2v) is 7.71. The normalized spacial score (nSPS) is 11.2. The first kappa shape index (κ1) is 21.6. The van der Waals surface area contributed by atoms with Crippen molar-refractivity contribution >= 4 is 10.0 Å². The molecular formula is C20H25NO6S. The van der Waals surface area contributed by atoms with Gasteiger partial charge in [0.25, 0.3) is 0 Å². The average Bonchev–Trinajstić information content (AvgIpc) is 2.73. The molecule has 7 nitrogen and oxygen atoms in total. The fraction of sp³-hybridized carbons (Fsp3) is 0.300. The molecule has 152 valence electrons. The maximum Gasteiger partial charge on any atom is 0.236 e. The molecule has 2 aromatic carbocycles. The van der Waals surface area contributed by atoms with Crippen LogP contribution >= 0.6 is 0 Å². The maximum absolute atomic E-state index is 12.6. The predicted octanol–water partition coefficient (Wildman–Crippen LogP) is 3.20. The van der Waals surface area contributed by atoms with Gasteiger partial charge in [-0.3, -0.25) is 0 Å². The van der Waals surface area contributed by atoms with Gasteiger partial charge in [0.05, 0.1) is 28.4 Å². The minimum Gasteiger partial charge on any atom is -0.497 e. The van der Waals surface area contributed by atoms with Crippen LogP contribution in [0.5, 0.6) is 23.0 Å². The summed E-state index contributed by atoms with van der Waals surface area (Å²) in [5.41, 5.74) is 1.39. The first-order chi connectivity index (χ1) is 13.4. The first-order valence-corrected chi connectivity index (χ1v) is 9.93. The summed E-state index contributed by atoms with van der Waals surface area (Å²) in [5.74, 6) is 2.31. The summed E-state index contributed by atoms with van der Waals surface area (Å²) in [4.78, 5) is 0. The van der Waals surface area contributed by atoms with Gasteiger partial charge in [0.2, 0.25) is 10.0 Å². The van der Waals surface area contributed by atoms with Crippen LogP contribution in [0.4, 0.5) is 0 Å². The smallest absolute Gasteiger partial charge is 0.236 e. The highest BCUT2D eigenvalue weighted by Gasteiger charge is 2.23. The van der Waals surface area contributed by atoms with Gasteiger partial charge in [0.1, 0.15) is 23.0 Å². The molecule has 0 amide bonds. The fourth-order valence-corrected chi connectivity index (χ4v) is 3.54. The van der Waals surface area contributed by atoms with E-state index in [1.165, 1.54) is 18.5 Å². The third-order valence-electron chi connectivity index (χ3n) is 4.25. The third-order valence-corrected chi connectivity index (χ3v) is 5.65. The van der Waals surface area contributed by atoms with E-state index in [9.17, 15) is 8.42 Å². The van der Waals surface area contributed by atoms with Gasteiger partial charge < -0.3 is 18.9 Å². The molecule has 0 aliphatic carbocycles. The van der Waals surface area contributed by atoms with Gasteiger partial charge in [-0.15, -0.1) is 0 Å². The number of ether oxygens (including phenoxy) is 4. The van der Waals surface area contributed by atoms with E-state index in [1.807, 2.05) is 0 Å². The Balaban J connectivity index is 2.41. The van der Waals surface area contributed by atoms with Gasteiger partial charge in [-0.1, -0.05) is 18.7 Å². The van der Waals surface area contributed by atoms with Crippen LogP contribution in [0.3, 0.4) is 0 Å². The van der Waals surface area contributed by atoms with Crippen molar-refractivity contribution in [1.82, 2.24) is 4.31 Å². The van der Waals surface area contributed by atoms with Crippen LogP contribution in [-0.2, 0) is 23.1 Å². The monoisotopic (exact) mass is 407 g/mol. The summed E-state index contributed by atoms with van der Waals surface area (Å²) in [6, 6.07) is 10.5. The molecule has 0 unspecified atom stereocenters. The van der Waals surface area contributed by atoms with Crippen LogP contribution in [0.25, 0.3) is 0 Å². The number of benzene rings is 2. The van der Waals surface area contributed by atoms with E-state index in [-0.39, 0.29) is 13.1 Å². The first-order valence-electron chi connectivity index (χ1n) is 8.42. The van der Waals surface area contributed by atoms with Crippen LogP contribution in [0.1, 0.15) is 11.1 Å². The van der Waals surface area contributed by atoms with Crippen LogP contribution < -0.4 is 18.9 Å². The highest BCUT2D eigenvalue weighted by atomic mass is 32.2. The Kier molecular flexibility index (Phi) is 7.31. The molecular weight excluding hydrogens is 382 g/mol. The summed E-state index contributed by atoms with van der Waals surface area (Å²) in [5, 5.41) is 0.930. The van der Waals surface area contributed by atoms with Gasteiger partial charge in [-0.25, -0.2) is 8.42 Å². The average molecular weight is 407 g/mol. The van der Waals surface area contributed by atoms with Crippen molar-refractivity contribution in [3.8, 4) is 23.0 Å². The largest absolute Gasteiger partial charge is 0.497 e. The van der Waals surface area contributed by atoms with Crippen molar-refractivity contribution in [3.05, 3.63) is 59.5 Å². The predicted molar refractivity (Wildman–Crippen MR) is 107 cm³/mol. The number of rotatable bonds is 10. The third kappa shape index (κ3) is 4.96. The van der Waals surface area contributed by atoms with E-state index in [1.54, 1.807) is 50.6 Å². The molecule has 0 fully saturated rings. The van der Waals surface area contributed by atoms with Crippen molar-refractivity contribution in [2.24, 2.45) is 0 Å². The van der Waals surface area contributed by atoms with E-state index in [2.05, 4.69) is 6.58 Å². The Morgan fingerprint density at radius 1 is 0.821 bits per heavy atom. The van der Waals surface area contributed by atoms with Crippen LogP contribution in [0, 0.1) is 0 Å². The van der Waals surface area contributed by atoms with Crippen molar-refractivity contribution in [1.29, 1.82) is 0 Å². The minimum absolute atomic E-state index is 0.0940. The Bertz CT molecular complexity index is 869. The van der Waals surface area contributed by atoms with Crippen LogP contribution in [0.15, 0.2) is 48.4 Å². The Morgan fingerprint density at radius 2 is 1.25 bits per heavy atom. The summed E-state index contributed by atoms with van der Waals surface area (Å²) in [6.45, 7) is 3.63. The quantitative estimate of drug-likeness (QED) is 0.602. The zero-order chi connectivity index (χ0) is 20.7. The van der Waals surface area contributed by atoms with Gasteiger partial charge in [0, 0.05) is 41.8 Å². The highest BCUT2D eigenvalue weighted by molar-refractivity contribution is 7.91. The second kappa shape index (κ2) is 9.48. The molecule has 0 saturated carbocycles. The fourth-order valence-electron chi connectivity index (χ4n) is 2.69. The van der Waals surface area contributed by atoms with E-state index < -0.39 is 10.0 Å². The van der Waals surface area contributed by atoms with Crippen LogP contribution in [0.2, 0.25) is 0 Å². The molecule has 0 N–H and O–H groups in total. The number of methoxy groups -OCH3 is 4. The van der Waals surface area contributed by atoms with E-state index in [4.69, 9.17) is 18.9 Å². The van der Waals surface area contributed by atoms with Crippen molar-refractivity contribution in [2.45, 2.75) is 13.1 Å². The number of nitrogens with zero attached hydrogens (tertiary/aromatic N) is 1. The summed E-state index contributed by atoms with van der Waals surface area (Å²) in [6.07, 6.45) is 0.